The third kappa shape index (κ3) is 9.74. The second-order valence-corrected chi connectivity index (χ2v) is 5.14. The summed E-state index contributed by atoms with van der Waals surface area (Å²) < 4.78 is 36.1. The monoisotopic (exact) mass is 279 g/mol. The summed E-state index contributed by atoms with van der Waals surface area (Å²) in [7, 11) is 1.68. The Bertz CT molecular complexity index is 286. The average Bonchev–Trinajstić information content (AvgIpc) is 2.33. The summed E-state index contributed by atoms with van der Waals surface area (Å²) in [5.74, 6) is 0. The molecule has 0 aliphatic carbocycles. The van der Waals surface area contributed by atoms with Crippen molar-refractivity contribution in [3.63, 3.8) is 0 Å². The Kier molecular flexibility index (Phi) is 8.03. The van der Waals surface area contributed by atoms with E-state index in [9.17, 15) is 13.2 Å². The van der Waals surface area contributed by atoms with Gasteiger partial charge in [-0.25, -0.2) is 0 Å². The van der Waals surface area contributed by atoms with Crippen molar-refractivity contribution in [1.82, 2.24) is 10.2 Å². The standard InChI is InChI=1S/C13H24F3N3/c1-4-8-18-12(2,11-17)6-5-9-19(3)10-7-13(14,15)16/h18H,4-10H2,1-3H3. The first-order valence-electron chi connectivity index (χ1n) is 6.64. The molecule has 0 saturated heterocycles. The van der Waals surface area contributed by atoms with Crippen LogP contribution in [0.2, 0.25) is 0 Å². The van der Waals surface area contributed by atoms with Crippen LogP contribution in [-0.4, -0.2) is 43.3 Å². The van der Waals surface area contributed by atoms with E-state index in [1.165, 1.54) is 0 Å². The van der Waals surface area contributed by atoms with Crippen molar-refractivity contribution in [2.75, 3.05) is 26.7 Å². The van der Waals surface area contributed by atoms with Crippen LogP contribution < -0.4 is 5.32 Å². The lowest BCUT2D eigenvalue weighted by Crippen LogP contribution is -2.42. The smallest absolute Gasteiger partial charge is 0.306 e. The molecule has 3 nitrogen and oxygen atoms in total. The van der Waals surface area contributed by atoms with Gasteiger partial charge in [0, 0.05) is 6.54 Å². The molecule has 0 heterocycles. The van der Waals surface area contributed by atoms with Gasteiger partial charge in [-0.2, -0.15) is 18.4 Å². The second kappa shape index (κ2) is 8.39. The number of nitrogens with one attached hydrogen (secondary N) is 1. The van der Waals surface area contributed by atoms with Crippen LogP contribution in [0.15, 0.2) is 0 Å². The lowest BCUT2D eigenvalue weighted by Gasteiger charge is -2.24. The molecule has 6 heteroatoms. The third-order valence-corrected chi connectivity index (χ3v) is 3.01. The molecule has 0 rings (SSSR count). The highest BCUT2D eigenvalue weighted by atomic mass is 19.4. The maximum atomic E-state index is 12.0. The summed E-state index contributed by atoms with van der Waals surface area (Å²) in [5, 5.41) is 12.3. The Morgan fingerprint density at radius 3 is 2.32 bits per heavy atom. The Labute approximate surface area is 113 Å². The Balaban J connectivity index is 3.90. The number of rotatable bonds is 9. The van der Waals surface area contributed by atoms with Gasteiger partial charge in [-0.3, -0.25) is 5.32 Å². The largest absolute Gasteiger partial charge is 0.390 e. The van der Waals surface area contributed by atoms with E-state index in [0.717, 1.165) is 13.0 Å². The first kappa shape index (κ1) is 18.2. The molecule has 1 atom stereocenters. The van der Waals surface area contributed by atoms with E-state index in [1.54, 1.807) is 11.9 Å². The van der Waals surface area contributed by atoms with Crippen LogP contribution in [0.25, 0.3) is 0 Å². The summed E-state index contributed by atoms with van der Waals surface area (Å²) in [5.41, 5.74) is -0.582. The van der Waals surface area contributed by atoms with Crippen LogP contribution >= 0.6 is 0 Å². The molecule has 0 bridgehead atoms. The molecule has 19 heavy (non-hydrogen) atoms. The SMILES string of the molecule is CCCNC(C)(C#N)CCCN(C)CCC(F)(F)F. The van der Waals surface area contributed by atoms with Crippen molar-refractivity contribution in [3.05, 3.63) is 0 Å². The van der Waals surface area contributed by atoms with Crippen molar-refractivity contribution in [2.24, 2.45) is 0 Å². The predicted octanol–water partition coefficient (Wildman–Crippen LogP) is 2.93. The number of alkyl halides is 3. The number of hydrogen-bond donors (Lipinski definition) is 1. The van der Waals surface area contributed by atoms with Gasteiger partial charge in [-0.15, -0.1) is 0 Å². The molecule has 0 aliphatic heterocycles. The summed E-state index contributed by atoms with van der Waals surface area (Å²) in [6.45, 7) is 5.21. The number of hydrogen-bond acceptors (Lipinski definition) is 3. The maximum absolute atomic E-state index is 12.0. The fraction of sp³-hybridized carbons (Fsp3) is 0.923. The van der Waals surface area contributed by atoms with Crippen molar-refractivity contribution >= 4 is 0 Å². The van der Waals surface area contributed by atoms with Gasteiger partial charge in [0.1, 0.15) is 5.54 Å². The molecule has 0 spiro atoms. The van der Waals surface area contributed by atoms with Gasteiger partial charge in [0.15, 0.2) is 0 Å². The van der Waals surface area contributed by atoms with E-state index in [0.29, 0.717) is 19.4 Å². The summed E-state index contributed by atoms with van der Waals surface area (Å²) in [6, 6.07) is 2.23. The van der Waals surface area contributed by atoms with Gasteiger partial charge < -0.3 is 4.90 Å². The lowest BCUT2D eigenvalue weighted by atomic mass is 9.97. The molecule has 0 amide bonds. The highest BCUT2D eigenvalue weighted by molar-refractivity contribution is 5.03. The molecule has 0 saturated carbocycles. The molecule has 112 valence electrons. The molecule has 0 radical (unpaired) electrons. The van der Waals surface area contributed by atoms with E-state index < -0.39 is 18.1 Å². The number of nitriles is 1. The van der Waals surface area contributed by atoms with Gasteiger partial charge in [-0.1, -0.05) is 6.92 Å². The molecule has 0 aromatic rings. The molecule has 0 aliphatic rings. The number of halogens is 3. The van der Waals surface area contributed by atoms with Gasteiger partial charge in [0.25, 0.3) is 0 Å². The first-order valence-corrected chi connectivity index (χ1v) is 6.64. The van der Waals surface area contributed by atoms with Gasteiger partial charge in [0.2, 0.25) is 0 Å². The zero-order valence-corrected chi connectivity index (χ0v) is 12.0. The van der Waals surface area contributed by atoms with E-state index in [1.807, 2.05) is 13.8 Å². The maximum Gasteiger partial charge on any atom is 0.390 e. The summed E-state index contributed by atoms with van der Waals surface area (Å²) >= 11 is 0. The second-order valence-electron chi connectivity index (χ2n) is 5.14. The fourth-order valence-electron chi connectivity index (χ4n) is 1.72. The zero-order chi connectivity index (χ0) is 14.9. The topological polar surface area (TPSA) is 39.1 Å². The molecule has 1 unspecified atom stereocenters. The minimum atomic E-state index is -4.10. The molecular formula is C13H24F3N3. The zero-order valence-electron chi connectivity index (χ0n) is 12.0. The molecule has 0 aromatic carbocycles. The minimum absolute atomic E-state index is 0.00908. The predicted molar refractivity (Wildman–Crippen MR) is 69.7 cm³/mol. The van der Waals surface area contributed by atoms with Crippen molar-refractivity contribution in [3.8, 4) is 6.07 Å². The molecule has 0 aromatic heterocycles. The summed E-state index contributed by atoms with van der Waals surface area (Å²) in [6.07, 6.45) is -2.59. The van der Waals surface area contributed by atoms with Crippen LogP contribution in [-0.2, 0) is 0 Å². The van der Waals surface area contributed by atoms with E-state index in [4.69, 9.17) is 5.26 Å². The average molecular weight is 279 g/mol. The Morgan fingerprint density at radius 2 is 1.84 bits per heavy atom. The van der Waals surface area contributed by atoms with Crippen molar-refractivity contribution < 1.29 is 13.2 Å². The lowest BCUT2D eigenvalue weighted by molar-refractivity contribution is -0.137. The minimum Gasteiger partial charge on any atom is -0.306 e. The van der Waals surface area contributed by atoms with Gasteiger partial charge >= 0.3 is 6.18 Å². The number of nitrogens with zero attached hydrogens (tertiary/aromatic N) is 2. The van der Waals surface area contributed by atoms with Gasteiger partial charge in [0.05, 0.1) is 12.5 Å². The van der Waals surface area contributed by atoms with E-state index in [2.05, 4.69) is 11.4 Å². The normalized spacial score (nSPS) is 15.3. The van der Waals surface area contributed by atoms with Gasteiger partial charge in [-0.05, 0) is 46.3 Å². The van der Waals surface area contributed by atoms with Crippen LogP contribution in [0.3, 0.4) is 0 Å². The van der Waals surface area contributed by atoms with Crippen LogP contribution in [0.4, 0.5) is 13.2 Å². The Morgan fingerprint density at radius 1 is 1.21 bits per heavy atom. The highest BCUT2D eigenvalue weighted by Crippen LogP contribution is 2.19. The molecule has 0 fully saturated rings. The highest BCUT2D eigenvalue weighted by Gasteiger charge is 2.27. The fourth-order valence-corrected chi connectivity index (χ4v) is 1.72. The quantitative estimate of drug-likeness (QED) is 0.705. The first-order chi connectivity index (χ1) is 8.72. The van der Waals surface area contributed by atoms with E-state index in [-0.39, 0.29) is 6.54 Å². The van der Waals surface area contributed by atoms with E-state index >= 15 is 0 Å². The van der Waals surface area contributed by atoms with Crippen LogP contribution in [0.5, 0.6) is 0 Å². The Hall–Kier alpha value is -0.800. The summed E-state index contributed by atoms with van der Waals surface area (Å²) in [4.78, 5) is 1.66. The molecule has 1 N–H and O–H groups in total. The van der Waals surface area contributed by atoms with Crippen molar-refractivity contribution in [2.45, 2.75) is 51.2 Å². The third-order valence-electron chi connectivity index (χ3n) is 3.01. The van der Waals surface area contributed by atoms with Crippen LogP contribution in [0.1, 0.15) is 39.5 Å². The molecular weight excluding hydrogens is 255 g/mol. The van der Waals surface area contributed by atoms with Crippen LogP contribution in [0, 0.1) is 11.3 Å². The van der Waals surface area contributed by atoms with Crippen molar-refractivity contribution in [1.29, 1.82) is 5.26 Å².